The third-order valence-electron chi connectivity index (χ3n) is 4.93. The molecule has 0 amide bonds. The third kappa shape index (κ3) is 3.03. The average Bonchev–Trinajstić information content (AvgIpc) is 2.73. The third-order valence-corrected chi connectivity index (χ3v) is 6.45. The highest BCUT2D eigenvalue weighted by atomic mass is 35.5. The summed E-state index contributed by atoms with van der Waals surface area (Å²) in [6.07, 6.45) is 1.05. The van der Waals surface area contributed by atoms with E-state index in [9.17, 15) is 0 Å². The number of benzene rings is 2. The van der Waals surface area contributed by atoms with Crippen LogP contribution in [0, 0.1) is 0 Å². The molecular weight excluding hydrogens is 324 g/mol. The zero-order valence-corrected chi connectivity index (χ0v) is 14.9. The molecule has 2 aromatic carbocycles. The van der Waals surface area contributed by atoms with Crippen molar-refractivity contribution >= 4 is 23.4 Å². The standard InChI is InChI=1S/C19H21ClN2S/c1-21-9-11-22(12-10-21)16-13-14-5-2-3-7-17(14)23-18-8-4-6-15(20)19(16)18/h2-8,16H,9-13H2,1H3/t16-/m1/s1. The van der Waals surface area contributed by atoms with Gasteiger partial charge in [-0.25, -0.2) is 0 Å². The normalized spacial score (nSPS) is 22.3. The van der Waals surface area contributed by atoms with E-state index < -0.39 is 0 Å². The van der Waals surface area contributed by atoms with Crippen LogP contribution in [0.25, 0.3) is 0 Å². The lowest BCUT2D eigenvalue weighted by molar-refractivity contribution is 0.110. The van der Waals surface area contributed by atoms with E-state index >= 15 is 0 Å². The second-order valence-electron chi connectivity index (χ2n) is 6.42. The maximum atomic E-state index is 6.65. The Hall–Kier alpha value is -1.00. The Morgan fingerprint density at radius 2 is 1.70 bits per heavy atom. The van der Waals surface area contributed by atoms with Crippen molar-refractivity contribution in [2.24, 2.45) is 0 Å². The molecule has 0 N–H and O–H groups in total. The van der Waals surface area contributed by atoms with Crippen molar-refractivity contribution in [2.75, 3.05) is 33.2 Å². The second-order valence-corrected chi connectivity index (χ2v) is 7.91. The van der Waals surface area contributed by atoms with Gasteiger partial charge in [-0.15, -0.1) is 0 Å². The van der Waals surface area contributed by atoms with E-state index in [1.165, 1.54) is 20.9 Å². The smallest absolute Gasteiger partial charge is 0.0465 e. The summed E-state index contributed by atoms with van der Waals surface area (Å²) in [4.78, 5) is 7.70. The van der Waals surface area contributed by atoms with Gasteiger partial charge >= 0.3 is 0 Å². The summed E-state index contributed by atoms with van der Waals surface area (Å²) in [7, 11) is 2.20. The fourth-order valence-corrected chi connectivity index (χ4v) is 5.10. The van der Waals surface area contributed by atoms with E-state index in [1.807, 2.05) is 17.8 Å². The van der Waals surface area contributed by atoms with Gasteiger partial charge < -0.3 is 4.90 Å². The number of fused-ring (bicyclic) bond motifs is 2. The number of halogens is 1. The number of hydrogen-bond donors (Lipinski definition) is 0. The van der Waals surface area contributed by atoms with Crippen LogP contribution in [0.1, 0.15) is 17.2 Å². The number of nitrogens with zero attached hydrogens (tertiary/aromatic N) is 2. The first-order valence-corrected chi connectivity index (χ1v) is 9.38. The Bertz CT molecular complexity index is 710. The lowest BCUT2D eigenvalue weighted by Crippen LogP contribution is -2.46. The van der Waals surface area contributed by atoms with E-state index in [-0.39, 0.29) is 0 Å². The molecule has 120 valence electrons. The van der Waals surface area contributed by atoms with Gasteiger partial charge in [0.05, 0.1) is 0 Å². The molecule has 0 aliphatic carbocycles. The van der Waals surface area contributed by atoms with E-state index in [0.29, 0.717) is 6.04 Å². The average molecular weight is 345 g/mol. The maximum absolute atomic E-state index is 6.65. The van der Waals surface area contributed by atoms with Crippen LogP contribution in [0.5, 0.6) is 0 Å². The first kappa shape index (κ1) is 15.5. The van der Waals surface area contributed by atoms with Crippen LogP contribution in [-0.4, -0.2) is 43.0 Å². The summed E-state index contributed by atoms with van der Waals surface area (Å²) in [6, 6.07) is 15.5. The van der Waals surface area contributed by atoms with E-state index in [1.54, 1.807) is 0 Å². The van der Waals surface area contributed by atoms with Gasteiger partial charge in [0.15, 0.2) is 0 Å². The van der Waals surface area contributed by atoms with Crippen molar-refractivity contribution in [3.63, 3.8) is 0 Å². The van der Waals surface area contributed by atoms with Crippen molar-refractivity contribution in [1.82, 2.24) is 9.80 Å². The van der Waals surface area contributed by atoms with Gasteiger partial charge in [-0.1, -0.05) is 47.6 Å². The van der Waals surface area contributed by atoms with Crippen LogP contribution in [-0.2, 0) is 6.42 Å². The molecule has 0 radical (unpaired) electrons. The highest BCUT2D eigenvalue weighted by Crippen LogP contribution is 2.45. The van der Waals surface area contributed by atoms with Crippen molar-refractivity contribution in [2.45, 2.75) is 22.3 Å². The molecule has 2 aliphatic rings. The molecule has 23 heavy (non-hydrogen) atoms. The maximum Gasteiger partial charge on any atom is 0.0465 e. The number of rotatable bonds is 1. The minimum atomic E-state index is 0.378. The molecule has 2 heterocycles. The van der Waals surface area contributed by atoms with Crippen LogP contribution in [0.3, 0.4) is 0 Å². The fourth-order valence-electron chi connectivity index (χ4n) is 3.58. The minimum absolute atomic E-state index is 0.378. The Kier molecular flexibility index (Phi) is 4.37. The highest BCUT2D eigenvalue weighted by molar-refractivity contribution is 7.99. The van der Waals surface area contributed by atoms with Gasteiger partial charge in [0, 0.05) is 52.6 Å². The van der Waals surface area contributed by atoms with Crippen LogP contribution in [0.4, 0.5) is 0 Å². The molecule has 0 unspecified atom stereocenters. The van der Waals surface area contributed by atoms with Gasteiger partial charge in [-0.2, -0.15) is 0 Å². The number of piperazine rings is 1. The lowest BCUT2D eigenvalue weighted by Gasteiger charge is -2.38. The molecule has 0 spiro atoms. The van der Waals surface area contributed by atoms with Gasteiger partial charge in [0.1, 0.15) is 0 Å². The predicted octanol–water partition coefficient (Wildman–Crippen LogP) is 4.34. The highest BCUT2D eigenvalue weighted by Gasteiger charge is 2.30. The largest absolute Gasteiger partial charge is 0.304 e. The van der Waals surface area contributed by atoms with Gasteiger partial charge in [0.25, 0.3) is 0 Å². The fraction of sp³-hybridized carbons (Fsp3) is 0.368. The molecule has 0 bridgehead atoms. The molecule has 2 aromatic rings. The van der Waals surface area contributed by atoms with Crippen LogP contribution >= 0.6 is 23.4 Å². The van der Waals surface area contributed by atoms with Crippen LogP contribution in [0.2, 0.25) is 5.02 Å². The quantitative estimate of drug-likeness (QED) is 0.760. The molecule has 2 aliphatic heterocycles. The summed E-state index contributed by atoms with van der Waals surface area (Å²) in [5, 5.41) is 0.909. The molecule has 2 nitrogen and oxygen atoms in total. The summed E-state index contributed by atoms with van der Waals surface area (Å²) in [5.74, 6) is 0. The summed E-state index contributed by atoms with van der Waals surface area (Å²) in [6.45, 7) is 4.48. The molecule has 4 heteroatoms. The van der Waals surface area contributed by atoms with Gasteiger partial charge in [-0.3, -0.25) is 4.90 Å². The van der Waals surface area contributed by atoms with Crippen LogP contribution in [0.15, 0.2) is 52.3 Å². The van der Waals surface area contributed by atoms with E-state index in [2.05, 4.69) is 53.2 Å². The summed E-state index contributed by atoms with van der Waals surface area (Å²) >= 11 is 8.51. The van der Waals surface area contributed by atoms with Crippen molar-refractivity contribution in [1.29, 1.82) is 0 Å². The zero-order chi connectivity index (χ0) is 15.8. The Morgan fingerprint density at radius 1 is 0.957 bits per heavy atom. The SMILES string of the molecule is CN1CCN([C@@H]2Cc3ccccc3Sc3cccc(Cl)c32)CC1. The van der Waals surface area contributed by atoms with Crippen molar-refractivity contribution in [3.8, 4) is 0 Å². The zero-order valence-electron chi connectivity index (χ0n) is 13.3. The molecule has 4 rings (SSSR count). The van der Waals surface area contributed by atoms with E-state index in [0.717, 1.165) is 37.6 Å². The first-order valence-electron chi connectivity index (χ1n) is 8.19. The molecule has 1 atom stereocenters. The monoisotopic (exact) mass is 344 g/mol. The summed E-state index contributed by atoms with van der Waals surface area (Å²) in [5.41, 5.74) is 2.76. The predicted molar refractivity (Wildman–Crippen MR) is 97.5 cm³/mol. The number of likely N-dealkylation sites (N-methyl/N-ethyl adjacent to an activating group) is 1. The molecule has 0 aromatic heterocycles. The Balaban J connectivity index is 1.78. The van der Waals surface area contributed by atoms with Crippen molar-refractivity contribution in [3.05, 3.63) is 58.6 Å². The molecular formula is C19H21ClN2S. The molecule has 0 saturated carbocycles. The Morgan fingerprint density at radius 3 is 2.52 bits per heavy atom. The van der Waals surface area contributed by atoms with Crippen LogP contribution < -0.4 is 0 Å². The minimum Gasteiger partial charge on any atom is -0.304 e. The molecule has 1 saturated heterocycles. The lowest BCUT2D eigenvalue weighted by atomic mass is 9.96. The Labute approximate surface area is 147 Å². The van der Waals surface area contributed by atoms with Crippen molar-refractivity contribution < 1.29 is 0 Å². The molecule has 1 fully saturated rings. The second kappa shape index (κ2) is 6.48. The number of hydrogen-bond acceptors (Lipinski definition) is 3. The van der Waals surface area contributed by atoms with Gasteiger partial charge in [0.2, 0.25) is 0 Å². The first-order chi connectivity index (χ1) is 11.2. The van der Waals surface area contributed by atoms with E-state index in [4.69, 9.17) is 11.6 Å². The topological polar surface area (TPSA) is 6.48 Å². The van der Waals surface area contributed by atoms with Gasteiger partial charge in [-0.05, 0) is 37.2 Å². The summed E-state index contributed by atoms with van der Waals surface area (Å²) < 4.78 is 0.